The maximum absolute atomic E-state index is 13.0. The van der Waals surface area contributed by atoms with E-state index in [2.05, 4.69) is 0 Å². The lowest BCUT2D eigenvalue weighted by molar-refractivity contribution is -0.153. The van der Waals surface area contributed by atoms with Crippen molar-refractivity contribution < 1.29 is 18.0 Å². The van der Waals surface area contributed by atoms with Gasteiger partial charge in [0.05, 0.1) is 11.5 Å². The molecule has 0 aliphatic carbocycles. The Balaban J connectivity index is 2.98. The molecule has 8 heteroatoms. The third-order valence-electron chi connectivity index (χ3n) is 4.34. The Bertz CT molecular complexity index is 577. The van der Waals surface area contributed by atoms with E-state index in [0.29, 0.717) is 32.6 Å². The standard InChI is InChI=1S/C18H35N3O4S/c1-14(2)11-20(12-15(3)4)17(22)18(23)21(9-8-19(5)6)16-7-10-26(24,25)13-16/h14-16H,7-13H2,1-6H3. The third-order valence-corrected chi connectivity index (χ3v) is 6.09. The quantitative estimate of drug-likeness (QED) is 0.571. The van der Waals surface area contributed by atoms with Crippen LogP contribution >= 0.6 is 0 Å². The summed E-state index contributed by atoms with van der Waals surface area (Å²) in [5, 5.41) is 0. The maximum atomic E-state index is 13.0. The summed E-state index contributed by atoms with van der Waals surface area (Å²) in [5.74, 6) is -0.543. The van der Waals surface area contributed by atoms with Crippen LogP contribution in [0.4, 0.5) is 0 Å². The van der Waals surface area contributed by atoms with Crippen molar-refractivity contribution in [2.24, 2.45) is 11.8 Å². The number of hydrogen-bond acceptors (Lipinski definition) is 5. The fourth-order valence-corrected chi connectivity index (χ4v) is 4.89. The number of carbonyl (C=O) groups is 2. The van der Waals surface area contributed by atoms with Crippen LogP contribution in [0.5, 0.6) is 0 Å². The SMILES string of the molecule is CC(C)CN(CC(C)C)C(=O)C(=O)N(CCN(C)C)C1CCS(=O)(=O)C1. The fraction of sp³-hybridized carbons (Fsp3) is 0.889. The van der Waals surface area contributed by atoms with Gasteiger partial charge in [-0.25, -0.2) is 8.42 Å². The van der Waals surface area contributed by atoms with Crippen LogP contribution in [-0.4, -0.2) is 92.8 Å². The van der Waals surface area contributed by atoms with E-state index in [0.717, 1.165) is 0 Å². The van der Waals surface area contributed by atoms with Gasteiger partial charge in [0.1, 0.15) is 0 Å². The molecule has 0 N–H and O–H groups in total. The zero-order valence-electron chi connectivity index (χ0n) is 17.1. The summed E-state index contributed by atoms with van der Waals surface area (Å²) < 4.78 is 23.7. The molecule has 0 aromatic carbocycles. The van der Waals surface area contributed by atoms with Crippen molar-refractivity contribution in [3.8, 4) is 0 Å². The lowest BCUT2D eigenvalue weighted by Gasteiger charge is -2.32. The number of nitrogens with zero attached hydrogens (tertiary/aromatic N) is 3. The topological polar surface area (TPSA) is 78.0 Å². The van der Waals surface area contributed by atoms with E-state index in [-0.39, 0.29) is 23.3 Å². The Morgan fingerprint density at radius 3 is 1.88 bits per heavy atom. The van der Waals surface area contributed by atoms with Crippen LogP contribution in [0.15, 0.2) is 0 Å². The van der Waals surface area contributed by atoms with E-state index in [1.807, 2.05) is 46.7 Å². The van der Waals surface area contributed by atoms with Crippen LogP contribution in [-0.2, 0) is 19.4 Å². The molecule has 1 saturated heterocycles. The molecule has 0 radical (unpaired) electrons. The van der Waals surface area contributed by atoms with E-state index in [9.17, 15) is 18.0 Å². The molecular weight excluding hydrogens is 354 g/mol. The summed E-state index contributed by atoms with van der Waals surface area (Å²) in [7, 11) is 0.648. The van der Waals surface area contributed by atoms with Gasteiger partial charge in [0.2, 0.25) is 0 Å². The molecule has 1 rings (SSSR count). The maximum Gasteiger partial charge on any atom is 0.312 e. The van der Waals surface area contributed by atoms with Gasteiger partial charge in [0.25, 0.3) is 0 Å². The largest absolute Gasteiger partial charge is 0.334 e. The van der Waals surface area contributed by atoms with Crippen molar-refractivity contribution in [1.82, 2.24) is 14.7 Å². The highest BCUT2D eigenvalue weighted by molar-refractivity contribution is 7.91. The molecule has 2 amide bonds. The Kier molecular flexibility index (Phi) is 8.53. The minimum Gasteiger partial charge on any atom is -0.334 e. The Morgan fingerprint density at radius 1 is 0.962 bits per heavy atom. The summed E-state index contributed by atoms with van der Waals surface area (Å²) in [6, 6.07) is -0.406. The summed E-state index contributed by atoms with van der Waals surface area (Å²) in [6.45, 7) is 10.0. The Labute approximate surface area is 158 Å². The molecule has 7 nitrogen and oxygen atoms in total. The molecule has 1 aliphatic rings. The zero-order chi connectivity index (χ0) is 20.1. The number of carbonyl (C=O) groups excluding carboxylic acids is 2. The Morgan fingerprint density at radius 2 is 1.50 bits per heavy atom. The highest BCUT2D eigenvalue weighted by Crippen LogP contribution is 2.19. The average molecular weight is 390 g/mol. The predicted octanol–water partition coefficient (Wildman–Crippen LogP) is 0.704. The summed E-state index contributed by atoms with van der Waals surface area (Å²) in [6.07, 6.45) is 0.406. The molecule has 0 saturated carbocycles. The van der Waals surface area contributed by atoms with Gasteiger partial charge in [-0.1, -0.05) is 27.7 Å². The van der Waals surface area contributed by atoms with E-state index in [1.165, 1.54) is 4.90 Å². The van der Waals surface area contributed by atoms with Crippen molar-refractivity contribution in [1.29, 1.82) is 0 Å². The van der Waals surface area contributed by atoms with Crippen LogP contribution < -0.4 is 0 Å². The number of likely N-dealkylation sites (N-methyl/N-ethyl adjacent to an activating group) is 1. The smallest absolute Gasteiger partial charge is 0.312 e. The monoisotopic (exact) mass is 389 g/mol. The first-order valence-electron chi connectivity index (χ1n) is 9.38. The molecule has 1 atom stereocenters. The number of hydrogen-bond donors (Lipinski definition) is 0. The summed E-state index contributed by atoms with van der Waals surface area (Å²) in [4.78, 5) is 30.9. The molecule has 0 bridgehead atoms. The van der Waals surface area contributed by atoms with Crippen molar-refractivity contribution in [3.05, 3.63) is 0 Å². The molecule has 1 unspecified atom stereocenters. The van der Waals surface area contributed by atoms with Crippen LogP contribution in [0.2, 0.25) is 0 Å². The van der Waals surface area contributed by atoms with Crippen molar-refractivity contribution in [2.75, 3.05) is 51.8 Å². The van der Waals surface area contributed by atoms with Crippen LogP contribution in [0, 0.1) is 11.8 Å². The molecule has 0 aromatic rings. The normalized spacial score (nSPS) is 19.3. The molecular formula is C18H35N3O4S. The second-order valence-corrected chi connectivity index (χ2v) is 10.6. The molecule has 1 fully saturated rings. The zero-order valence-corrected chi connectivity index (χ0v) is 17.9. The first-order valence-corrected chi connectivity index (χ1v) is 11.2. The van der Waals surface area contributed by atoms with Gasteiger partial charge < -0.3 is 14.7 Å². The number of amides is 2. The van der Waals surface area contributed by atoms with Crippen LogP contribution in [0.25, 0.3) is 0 Å². The lowest BCUT2D eigenvalue weighted by atomic mass is 10.1. The first-order chi connectivity index (χ1) is 11.9. The third kappa shape index (κ3) is 7.23. The average Bonchev–Trinajstić information content (AvgIpc) is 2.84. The summed E-state index contributed by atoms with van der Waals surface area (Å²) >= 11 is 0. The molecule has 152 valence electrons. The first kappa shape index (κ1) is 22.9. The minimum absolute atomic E-state index is 0.0478. The van der Waals surface area contributed by atoms with Crippen LogP contribution in [0.1, 0.15) is 34.1 Å². The van der Waals surface area contributed by atoms with Gasteiger partial charge in [-0.3, -0.25) is 9.59 Å². The number of sulfone groups is 1. The minimum atomic E-state index is -3.13. The fourth-order valence-electron chi connectivity index (χ4n) is 3.16. The molecule has 0 aromatic heterocycles. The second-order valence-electron chi connectivity index (χ2n) is 8.36. The molecule has 26 heavy (non-hydrogen) atoms. The van der Waals surface area contributed by atoms with Crippen molar-refractivity contribution in [3.63, 3.8) is 0 Å². The van der Waals surface area contributed by atoms with Gasteiger partial charge in [-0.2, -0.15) is 0 Å². The van der Waals surface area contributed by atoms with Gasteiger partial charge >= 0.3 is 11.8 Å². The van der Waals surface area contributed by atoms with E-state index in [4.69, 9.17) is 0 Å². The molecule has 0 spiro atoms. The van der Waals surface area contributed by atoms with Gasteiger partial charge in [0.15, 0.2) is 9.84 Å². The van der Waals surface area contributed by atoms with Crippen molar-refractivity contribution >= 4 is 21.7 Å². The highest BCUT2D eigenvalue weighted by atomic mass is 32.2. The van der Waals surface area contributed by atoms with E-state index in [1.54, 1.807) is 4.90 Å². The second kappa shape index (κ2) is 9.69. The predicted molar refractivity (Wildman–Crippen MR) is 104 cm³/mol. The van der Waals surface area contributed by atoms with Gasteiger partial charge in [-0.15, -0.1) is 0 Å². The van der Waals surface area contributed by atoms with E-state index < -0.39 is 27.7 Å². The summed E-state index contributed by atoms with van der Waals surface area (Å²) in [5.41, 5.74) is 0. The Hall–Kier alpha value is -1.15. The van der Waals surface area contributed by atoms with Gasteiger partial charge in [0, 0.05) is 32.2 Å². The van der Waals surface area contributed by atoms with Crippen molar-refractivity contribution in [2.45, 2.75) is 40.2 Å². The highest BCUT2D eigenvalue weighted by Gasteiger charge is 2.38. The van der Waals surface area contributed by atoms with Gasteiger partial charge in [-0.05, 0) is 32.4 Å². The molecule has 1 aliphatic heterocycles. The van der Waals surface area contributed by atoms with E-state index >= 15 is 0 Å². The lowest BCUT2D eigenvalue weighted by Crippen LogP contribution is -2.52. The van der Waals surface area contributed by atoms with Crippen LogP contribution in [0.3, 0.4) is 0 Å². The number of rotatable bonds is 8. The molecule has 1 heterocycles.